The van der Waals surface area contributed by atoms with Crippen LogP contribution in [0.25, 0.3) is 11.3 Å². The smallest absolute Gasteiger partial charge is 0.273 e. The van der Waals surface area contributed by atoms with Crippen molar-refractivity contribution in [1.82, 2.24) is 15.1 Å². The molecule has 3 aromatic carbocycles. The number of rotatable bonds is 4. The van der Waals surface area contributed by atoms with Gasteiger partial charge in [0, 0.05) is 27.7 Å². The van der Waals surface area contributed by atoms with Crippen molar-refractivity contribution in [2.75, 3.05) is 0 Å². The summed E-state index contributed by atoms with van der Waals surface area (Å²) in [7, 11) is 0. The number of amides is 1. The predicted molar refractivity (Wildman–Crippen MR) is 130 cm³/mol. The van der Waals surface area contributed by atoms with E-state index in [1.54, 1.807) is 11.0 Å². The summed E-state index contributed by atoms with van der Waals surface area (Å²) in [5.74, 6) is -0.0331. The van der Waals surface area contributed by atoms with Crippen LogP contribution in [0.4, 0.5) is 0 Å². The van der Waals surface area contributed by atoms with Crippen LogP contribution in [0.1, 0.15) is 44.3 Å². The molecule has 0 aliphatic carbocycles. The molecule has 1 atom stereocenters. The fourth-order valence-electron chi connectivity index (χ4n) is 4.54. The number of fused-ring (bicyclic) bond motifs is 1. The van der Waals surface area contributed by atoms with E-state index in [0.717, 1.165) is 27.8 Å². The molecular formula is C26H21Cl2N3O2. The van der Waals surface area contributed by atoms with E-state index in [1.807, 2.05) is 68.4 Å². The molecule has 5 rings (SSSR count). The van der Waals surface area contributed by atoms with E-state index in [9.17, 15) is 9.90 Å². The van der Waals surface area contributed by atoms with Gasteiger partial charge in [-0.3, -0.25) is 9.89 Å². The number of phenolic OH excluding ortho intramolecular Hbond substituents is 1. The summed E-state index contributed by atoms with van der Waals surface area (Å²) in [5.41, 5.74) is 5.70. The second-order valence-electron chi connectivity index (χ2n) is 8.32. The van der Waals surface area contributed by atoms with E-state index in [4.69, 9.17) is 23.2 Å². The number of nitrogens with one attached hydrogen (secondary N) is 1. The lowest BCUT2D eigenvalue weighted by Crippen LogP contribution is -2.29. The Bertz CT molecular complexity index is 1400. The number of phenols is 1. The Morgan fingerprint density at radius 2 is 1.85 bits per heavy atom. The highest BCUT2D eigenvalue weighted by Crippen LogP contribution is 2.46. The third kappa shape index (κ3) is 3.67. The summed E-state index contributed by atoms with van der Waals surface area (Å²) in [5, 5.41) is 19.4. The van der Waals surface area contributed by atoms with Crippen LogP contribution in [0.2, 0.25) is 10.0 Å². The fraction of sp³-hybridized carbons (Fsp3) is 0.154. The van der Waals surface area contributed by atoms with Crippen LogP contribution in [-0.2, 0) is 6.54 Å². The van der Waals surface area contributed by atoms with Gasteiger partial charge in [0.25, 0.3) is 5.91 Å². The van der Waals surface area contributed by atoms with E-state index in [-0.39, 0.29) is 11.7 Å². The highest BCUT2D eigenvalue weighted by Gasteiger charge is 2.42. The molecule has 33 heavy (non-hydrogen) atoms. The molecule has 0 saturated carbocycles. The number of halogens is 2. The molecule has 0 bridgehead atoms. The molecule has 2 N–H and O–H groups in total. The highest BCUT2D eigenvalue weighted by atomic mass is 35.5. The first-order valence-corrected chi connectivity index (χ1v) is 11.3. The minimum atomic E-state index is -0.448. The van der Waals surface area contributed by atoms with E-state index in [0.29, 0.717) is 33.5 Å². The number of aryl methyl sites for hydroxylation is 2. The van der Waals surface area contributed by atoms with Crippen molar-refractivity contribution in [2.24, 2.45) is 0 Å². The van der Waals surface area contributed by atoms with Crippen molar-refractivity contribution < 1.29 is 9.90 Å². The summed E-state index contributed by atoms with van der Waals surface area (Å²) in [6.45, 7) is 4.13. The van der Waals surface area contributed by atoms with Gasteiger partial charge >= 0.3 is 0 Å². The molecule has 5 nitrogen and oxygen atoms in total. The van der Waals surface area contributed by atoms with Crippen molar-refractivity contribution in [3.05, 3.63) is 104 Å². The minimum absolute atomic E-state index is 0.150. The molecule has 2 heterocycles. The van der Waals surface area contributed by atoms with Gasteiger partial charge in [0.1, 0.15) is 17.1 Å². The molecule has 1 aromatic heterocycles. The molecule has 1 aliphatic heterocycles. The lowest BCUT2D eigenvalue weighted by atomic mass is 9.94. The topological polar surface area (TPSA) is 69.2 Å². The predicted octanol–water partition coefficient (Wildman–Crippen LogP) is 6.45. The largest absolute Gasteiger partial charge is 0.507 e. The Morgan fingerprint density at radius 3 is 2.61 bits per heavy atom. The Balaban J connectivity index is 1.71. The first kappa shape index (κ1) is 21.6. The maximum atomic E-state index is 13.6. The van der Waals surface area contributed by atoms with Gasteiger partial charge in [-0.2, -0.15) is 5.10 Å². The quantitative estimate of drug-likeness (QED) is 0.354. The van der Waals surface area contributed by atoms with Gasteiger partial charge in [0.05, 0.1) is 6.04 Å². The standard InChI is InChI=1S/C26H21Cl2N3O2/c1-14-10-15(2)25(32)19(11-14)22-21-23(30-29-22)26(33)31(13-17-6-3-4-9-20(17)28)24(21)16-7-5-8-18(27)12-16/h3-12,24,32H,13H2,1-2H3,(H,29,30). The van der Waals surface area contributed by atoms with Crippen LogP contribution in [0, 0.1) is 13.8 Å². The second kappa shape index (κ2) is 8.25. The molecular weight excluding hydrogens is 457 g/mol. The number of carbonyl (C=O) groups is 1. The van der Waals surface area contributed by atoms with Crippen molar-refractivity contribution in [3.8, 4) is 17.0 Å². The Labute approximate surface area is 201 Å². The van der Waals surface area contributed by atoms with Crippen molar-refractivity contribution in [3.63, 3.8) is 0 Å². The summed E-state index contributed by atoms with van der Waals surface area (Å²) >= 11 is 12.8. The zero-order valence-electron chi connectivity index (χ0n) is 18.1. The van der Waals surface area contributed by atoms with Crippen molar-refractivity contribution in [1.29, 1.82) is 0 Å². The van der Waals surface area contributed by atoms with Gasteiger partial charge in [-0.15, -0.1) is 0 Å². The third-order valence-electron chi connectivity index (χ3n) is 6.03. The molecule has 0 radical (unpaired) electrons. The number of hydrogen-bond acceptors (Lipinski definition) is 3. The van der Waals surface area contributed by atoms with E-state index >= 15 is 0 Å². The number of aromatic hydroxyl groups is 1. The number of nitrogens with zero attached hydrogens (tertiary/aromatic N) is 2. The molecule has 0 fully saturated rings. The second-order valence-corrected chi connectivity index (χ2v) is 9.16. The van der Waals surface area contributed by atoms with Gasteiger partial charge in [0.2, 0.25) is 0 Å². The van der Waals surface area contributed by atoms with Crippen LogP contribution in [0.3, 0.4) is 0 Å². The van der Waals surface area contributed by atoms with E-state index in [1.165, 1.54) is 0 Å². The molecule has 1 amide bonds. The normalized spacial score (nSPS) is 15.2. The maximum absolute atomic E-state index is 13.6. The monoisotopic (exact) mass is 477 g/mol. The summed E-state index contributed by atoms with van der Waals surface area (Å²) in [6, 6.07) is 18.3. The zero-order chi connectivity index (χ0) is 23.3. The number of benzene rings is 3. The highest BCUT2D eigenvalue weighted by molar-refractivity contribution is 6.31. The average Bonchev–Trinajstić information content (AvgIpc) is 3.31. The Morgan fingerprint density at radius 1 is 1.06 bits per heavy atom. The van der Waals surface area contributed by atoms with Crippen molar-refractivity contribution in [2.45, 2.75) is 26.4 Å². The lowest BCUT2D eigenvalue weighted by Gasteiger charge is -2.27. The Hall–Kier alpha value is -3.28. The van der Waals surface area contributed by atoms with E-state index < -0.39 is 6.04 Å². The first-order chi connectivity index (χ1) is 15.8. The van der Waals surface area contributed by atoms with Gasteiger partial charge in [-0.1, -0.05) is 59.6 Å². The molecule has 0 spiro atoms. The number of hydrogen-bond donors (Lipinski definition) is 2. The van der Waals surface area contributed by atoms with Crippen LogP contribution in [-0.4, -0.2) is 26.1 Å². The zero-order valence-corrected chi connectivity index (χ0v) is 19.6. The number of aromatic nitrogens is 2. The molecule has 1 aliphatic rings. The van der Waals surface area contributed by atoms with Crippen LogP contribution >= 0.6 is 23.2 Å². The SMILES string of the molecule is Cc1cc(C)c(O)c(-c2n[nH]c3c2C(c2cccc(Cl)c2)N(Cc2ccccc2Cl)C3=O)c1. The van der Waals surface area contributed by atoms with Crippen LogP contribution in [0.5, 0.6) is 5.75 Å². The Kier molecular flexibility index (Phi) is 5.39. The summed E-state index contributed by atoms with van der Waals surface area (Å²) < 4.78 is 0. The third-order valence-corrected chi connectivity index (χ3v) is 6.63. The number of H-pyrrole nitrogens is 1. The first-order valence-electron chi connectivity index (χ1n) is 10.5. The molecule has 166 valence electrons. The molecule has 4 aromatic rings. The minimum Gasteiger partial charge on any atom is -0.507 e. The number of aromatic amines is 1. The number of carbonyl (C=O) groups excluding carboxylic acids is 1. The van der Waals surface area contributed by atoms with Gasteiger partial charge < -0.3 is 10.0 Å². The van der Waals surface area contributed by atoms with Crippen LogP contribution < -0.4 is 0 Å². The molecule has 0 saturated heterocycles. The van der Waals surface area contributed by atoms with Gasteiger partial charge in [-0.25, -0.2) is 0 Å². The van der Waals surface area contributed by atoms with Crippen LogP contribution in [0.15, 0.2) is 60.7 Å². The molecule has 7 heteroatoms. The fourth-order valence-corrected chi connectivity index (χ4v) is 4.93. The van der Waals surface area contributed by atoms with Gasteiger partial charge in [0.15, 0.2) is 0 Å². The average molecular weight is 478 g/mol. The maximum Gasteiger partial charge on any atom is 0.273 e. The lowest BCUT2D eigenvalue weighted by molar-refractivity contribution is 0.0730. The summed E-state index contributed by atoms with van der Waals surface area (Å²) in [4.78, 5) is 15.3. The van der Waals surface area contributed by atoms with Crippen molar-refractivity contribution >= 4 is 29.1 Å². The van der Waals surface area contributed by atoms with E-state index in [2.05, 4.69) is 10.2 Å². The van der Waals surface area contributed by atoms with Gasteiger partial charge in [-0.05, 0) is 60.4 Å². The summed E-state index contributed by atoms with van der Waals surface area (Å²) in [6.07, 6.45) is 0. The molecule has 1 unspecified atom stereocenters.